The highest BCUT2D eigenvalue weighted by atomic mass is 16.5. The number of morpholine rings is 1. The van der Waals surface area contributed by atoms with Gasteiger partial charge in [-0.05, 0) is 13.3 Å². The highest BCUT2D eigenvalue weighted by molar-refractivity contribution is 5.80. The third-order valence-electron chi connectivity index (χ3n) is 4.29. The minimum absolute atomic E-state index is 0.626. The van der Waals surface area contributed by atoms with Crippen LogP contribution in [0.5, 0.6) is 0 Å². The van der Waals surface area contributed by atoms with E-state index in [1.54, 1.807) is 7.11 Å². The fourth-order valence-corrected chi connectivity index (χ4v) is 3.06. The van der Waals surface area contributed by atoms with Gasteiger partial charge in [0, 0.05) is 45.9 Å². The van der Waals surface area contributed by atoms with Gasteiger partial charge in [0.05, 0.1) is 39.6 Å². The van der Waals surface area contributed by atoms with Crippen molar-refractivity contribution in [1.29, 1.82) is 0 Å². The van der Waals surface area contributed by atoms with E-state index in [0.717, 1.165) is 51.9 Å². The van der Waals surface area contributed by atoms with Gasteiger partial charge in [-0.15, -0.1) is 0 Å². The van der Waals surface area contributed by atoms with Gasteiger partial charge < -0.3 is 24.4 Å². The lowest BCUT2D eigenvalue weighted by Gasteiger charge is -2.32. The predicted molar refractivity (Wildman–Crippen MR) is 91.0 cm³/mol. The summed E-state index contributed by atoms with van der Waals surface area (Å²) in [6, 6.07) is 0.626. The van der Waals surface area contributed by atoms with Crippen molar-refractivity contribution in [2.75, 3.05) is 79.4 Å². The predicted octanol–water partition coefficient (Wildman–Crippen LogP) is 0.0214. The van der Waals surface area contributed by atoms with Gasteiger partial charge in [-0.2, -0.15) is 0 Å². The van der Waals surface area contributed by atoms with Crippen LogP contribution in [-0.4, -0.2) is 101 Å². The van der Waals surface area contributed by atoms with Crippen molar-refractivity contribution in [3.63, 3.8) is 0 Å². The Bertz CT molecular complexity index is 348. The van der Waals surface area contributed by atoms with Crippen molar-refractivity contribution < 1.29 is 14.2 Å². The van der Waals surface area contributed by atoms with E-state index in [2.05, 4.69) is 22.0 Å². The van der Waals surface area contributed by atoms with Gasteiger partial charge in [0.2, 0.25) is 0 Å². The summed E-state index contributed by atoms with van der Waals surface area (Å²) in [5.74, 6) is 1.01. The number of ether oxygens (including phenoxy) is 3. The van der Waals surface area contributed by atoms with Crippen LogP contribution in [0.15, 0.2) is 4.99 Å². The first-order valence-electron chi connectivity index (χ1n) is 8.77. The molecule has 7 nitrogen and oxygen atoms in total. The third kappa shape index (κ3) is 6.25. The van der Waals surface area contributed by atoms with Gasteiger partial charge >= 0.3 is 0 Å². The summed E-state index contributed by atoms with van der Waals surface area (Å²) < 4.78 is 15.9. The molecule has 2 saturated heterocycles. The first kappa shape index (κ1) is 18.4. The van der Waals surface area contributed by atoms with Crippen LogP contribution < -0.4 is 5.32 Å². The Labute approximate surface area is 140 Å². The zero-order valence-electron chi connectivity index (χ0n) is 14.6. The summed E-state index contributed by atoms with van der Waals surface area (Å²) in [4.78, 5) is 9.63. The van der Waals surface area contributed by atoms with Crippen LogP contribution in [0.2, 0.25) is 0 Å². The van der Waals surface area contributed by atoms with E-state index in [4.69, 9.17) is 19.2 Å². The number of nitrogens with one attached hydrogen (secondary N) is 1. The first-order valence-corrected chi connectivity index (χ1v) is 8.77. The molecule has 7 heteroatoms. The zero-order chi connectivity index (χ0) is 16.3. The van der Waals surface area contributed by atoms with Gasteiger partial charge in [0.15, 0.2) is 5.96 Å². The molecule has 0 radical (unpaired) electrons. The van der Waals surface area contributed by atoms with Crippen LogP contribution in [0, 0.1) is 0 Å². The number of likely N-dealkylation sites (tertiary alicyclic amines) is 1. The summed E-state index contributed by atoms with van der Waals surface area (Å²) in [7, 11) is 1.68. The Morgan fingerprint density at radius 3 is 2.78 bits per heavy atom. The molecule has 2 aliphatic heterocycles. The van der Waals surface area contributed by atoms with E-state index < -0.39 is 0 Å². The molecule has 0 aromatic heterocycles. The summed E-state index contributed by atoms with van der Waals surface area (Å²) in [6.07, 6.45) is 1.20. The Morgan fingerprint density at radius 1 is 1.22 bits per heavy atom. The minimum Gasteiger partial charge on any atom is -0.382 e. The fraction of sp³-hybridized carbons (Fsp3) is 0.938. The molecule has 2 aliphatic rings. The average Bonchev–Trinajstić information content (AvgIpc) is 3.08. The minimum atomic E-state index is 0.626. The quantitative estimate of drug-likeness (QED) is 0.385. The molecule has 1 atom stereocenters. The molecule has 0 aromatic carbocycles. The number of methoxy groups -OCH3 is 1. The SMILES string of the molecule is CCNC(=NCCOCCOC)N1CCC(N2CCOCC2)C1. The van der Waals surface area contributed by atoms with E-state index in [1.807, 2.05) is 0 Å². The van der Waals surface area contributed by atoms with E-state index in [0.29, 0.717) is 32.4 Å². The molecule has 2 fully saturated rings. The molecule has 134 valence electrons. The lowest BCUT2D eigenvalue weighted by atomic mass is 10.2. The molecule has 0 amide bonds. The summed E-state index contributed by atoms with van der Waals surface area (Å²) >= 11 is 0. The Morgan fingerprint density at radius 2 is 2.04 bits per heavy atom. The van der Waals surface area contributed by atoms with Gasteiger partial charge in [-0.1, -0.05) is 0 Å². The molecule has 2 heterocycles. The van der Waals surface area contributed by atoms with E-state index >= 15 is 0 Å². The van der Waals surface area contributed by atoms with Gasteiger partial charge in [0.1, 0.15) is 0 Å². The maximum Gasteiger partial charge on any atom is 0.194 e. The second-order valence-electron chi connectivity index (χ2n) is 5.88. The van der Waals surface area contributed by atoms with Crippen molar-refractivity contribution in [1.82, 2.24) is 15.1 Å². The highest BCUT2D eigenvalue weighted by Gasteiger charge is 2.30. The molecule has 2 rings (SSSR count). The van der Waals surface area contributed by atoms with E-state index in [-0.39, 0.29) is 0 Å². The monoisotopic (exact) mass is 328 g/mol. The largest absolute Gasteiger partial charge is 0.382 e. The Hall–Kier alpha value is -0.890. The lowest BCUT2D eigenvalue weighted by Crippen LogP contribution is -2.46. The van der Waals surface area contributed by atoms with Crippen LogP contribution in [0.4, 0.5) is 0 Å². The number of aliphatic imine (C=N–C) groups is 1. The maximum absolute atomic E-state index is 5.48. The molecule has 1 N–H and O–H groups in total. The average molecular weight is 328 g/mol. The Balaban J connectivity index is 1.76. The molecular weight excluding hydrogens is 296 g/mol. The normalized spacial score (nSPS) is 23.5. The fourth-order valence-electron chi connectivity index (χ4n) is 3.06. The smallest absolute Gasteiger partial charge is 0.194 e. The van der Waals surface area contributed by atoms with Crippen LogP contribution in [-0.2, 0) is 14.2 Å². The maximum atomic E-state index is 5.48. The van der Waals surface area contributed by atoms with Gasteiger partial charge in [-0.3, -0.25) is 9.89 Å². The van der Waals surface area contributed by atoms with Crippen molar-refractivity contribution >= 4 is 5.96 Å². The van der Waals surface area contributed by atoms with Crippen molar-refractivity contribution in [2.24, 2.45) is 4.99 Å². The number of nitrogens with zero attached hydrogens (tertiary/aromatic N) is 3. The zero-order valence-corrected chi connectivity index (χ0v) is 14.6. The second kappa shape index (κ2) is 10.8. The first-order chi connectivity index (χ1) is 11.3. The number of hydrogen-bond donors (Lipinski definition) is 1. The van der Waals surface area contributed by atoms with Crippen molar-refractivity contribution in [3.8, 4) is 0 Å². The second-order valence-corrected chi connectivity index (χ2v) is 5.88. The molecule has 0 aliphatic carbocycles. The number of guanidine groups is 1. The lowest BCUT2D eigenvalue weighted by molar-refractivity contribution is 0.0194. The van der Waals surface area contributed by atoms with Gasteiger partial charge in [0.25, 0.3) is 0 Å². The topological polar surface area (TPSA) is 58.6 Å². The van der Waals surface area contributed by atoms with Crippen LogP contribution in [0.3, 0.4) is 0 Å². The van der Waals surface area contributed by atoms with Crippen molar-refractivity contribution in [2.45, 2.75) is 19.4 Å². The third-order valence-corrected chi connectivity index (χ3v) is 4.29. The molecule has 23 heavy (non-hydrogen) atoms. The van der Waals surface area contributed by atoms with Crippen LogP contribution >= 0.6 is 0 Å². The molecule has 0 aromatic rings. The van der Waals surface area contributed by atoms with Gasteiger partial charge in [-0.25, -0.2) is 0 Å². The molecule has 1 unspecified atom stereocenters. The van der Waals surface area contributed by atoms with Crippen molar-refractivity contribution in [3.05, 3.63) is 0 Å². The molecular formula is C16H32N4O3. The van der Waals surface area contributed by atoms with E-state index in [9.17, 15) is 0 Å². The van der Waals surface area contributed by atoms with Crippen LogP contribution in [0.25, 0.3) is 0 Å². The van der Waals surface area contributed by atoms with E-state index in [1.165, 1.54) is 6.42 Å². The summed E-state index contributed by atoms with van der Waals surface area (Å²) in [5, 5.41) is 3.40. The summed E-state index contributed by atoms with van der Waals surface area (Å²) in [5.41, 5.74) is 0. The molecule has 0 saturated carbocycles. The molecule has 0 spiro atoms. The number of rotatable bonds is 8. The van der Waals surface area contributed by atoms with Crippen LogP contribution in [0.1, 0.15) is 13.3 Å². The number of hydrogen-bond acceptors (Lipinski definition) is 5. The standard InChI is InChI=1S/C16H32N4O3/c1-3-17-16(18-5-9-22-13-12-21-2)20-6-4-15(14-20)19-7-10-23-11-8-19/h15H,3-14H2,1-2H3,(H,17,18). The molecule has 0 bridgehead atoms. The Kier molecular flexibility index (Phi) is 8.67. The summed E-state index contributed by atoms with van der Waals surface area (Å²) in [6.45, 7) is 11.6. The highest BCUT2D eigenvalue weighted by Crippen LogP contribution is 2.17.